The lowest BCUT2D eigenvalue weighted by atomic mass is 10.0. The Morgan fingerprint density at radius 2 is 1.61 bits per heavy atom. The van der Waals surface area contributed by atoms with Gasteiger partial charge < -0.3 is 15.4 Å². The highest BCUT2D eigenvalue weighted by Crippen LogP contribution is 2.25. The number of hydrogen-bond acceptors (Lipinski definition) is 5. The Balaban J connectivity index is 2.13. The molecule has 23 heavy (non-hydrogen) atoms. The third-order valence-corrected chi connectivity index (χ3v) is 3.40. The van der Waals surface area contributed by atoms with E-state index in [1.54, 1.807) is 36.4 Å². The summed E-state index contributed by atoms with van der Waals surface area (Å²) in [6.45, 7) is 0. The summed E-state index contributed by atoms with van der Waals surface area (Å²) in [5.41, 5.74) is 0.731. The van der Waals surface area contributed by atoms with Crippen molar-refractivity contribution < 1.29 is 9.52 Å². The summed E-state index contributed by atoms with van der Waals surface area (Å²) < 4.78 is 5.33. The van der Waals surface area contributed by atoms with Crippen molar-refractivity contribution in [3.8, 4) is 17.1 Å². The highest BCUT2D eigenvalue weighted by atomic mass is 16.4. The van der Waals surface area contributed by atoms with Crippen molar-refractivity contribution in [1.82, 2.24) is 0 Å². The van der Waals surface area contributed by atoms with Gasteiger partial charge in [-0.15, -0.1) is 0 Å². The molecular formula is C18H14N2O3. The summed E-state index contributed by atoms with van der Waals surface area (Å²) >= 11 is 0. The predicted molar refractivity (Wildman–Crippen MR) is 88.3 cm³/mol. The molecule has 1 aromatic heterocycles. The van der Waals surface area contributed by atoms with Crippen LogP contribution in [0.3, 0.4) is 0 Å². The van der Waals surface area contributed by atoms with E-state index in [0.29, 0.717) is 11.1 Å². The molecule has 5 heteroatoms. The van der Waals surface area contributed by atoms with Gasteiger partial charge in [0.05, 0.1) is 0 Å². The van der Waals surface area contributed by atoms with Crippen LogP contribution < -0.4 is 11.5 Å². The molecule has 0 aliphatic carbocycles. The fraction of sp³-hybridized carbons (Fsp3) is 0. The lowest BCUT2D eigenvalue weighted by Gasteiger charge is -2.08. The zero-order chi connectivity index (χ0) is 16.2. The molecule has 114 valence electrons. The first kappa shape index (κ1) is 14.6. The Morgan fingerprint density at radius 3 is 2.17 bits per heavy atom. The van der Waals surface area contributed by atoms with Gasteiger partial charge in [-0.05, 0) is 0 Å². The van der Waals surface area contributed by atoms with Gasteiger partial charge in [-0.3, -0.25) is 0 Å². The third-order valence-electron chi connectivity index (χ3n) is 3.40. The maximum Gasteiger partial charge on any atom is 0.349 e. The second-order valence-corrected chi connectivity index (χ2v) is 4.87. The summed E-state index contributed by atoms with van der Waals surface area (Å²) in [6, 6.07) is 19.3. The van der Waals surface area contributed by atoms with Crippen molar-refractivity contribution in [3.05, 3.63) is 88.3 Å². The normalized spacial score (nSPS) is 11.4. The van der Waals surface area contributed by atoms with E-state index >= 15 is 0 Å². The van der Waals surface area contributed by atoms with Gasteiger partial charge in [0, 0.05) is 17.2 Å². The molecule has 0 unspecified atom stereocenters. The molecule has 0 amide bonds. The van der Waals surface area contributed by atoms with Crippen molar-refractivity contribution in [2.75, 3.05) is 0 Å². The first-order chi connectivity index (χ1) is 11.2. The molecule has 5 nitrogen and oxygen atoms in total. The van der Waals surface area contributed by atoms with Gasteiger partial charge in [0.1, 0.15) is 22.8 Å². The molecule has 0 saturated carbocycles. The average molecular weight is 306 g/mol. The topological polar surface area (TPSA) is 88.8 Å². The van der Waals surface area contributed by atoms with E-state index in [2.05, 4.69) is 5.10 Å². The number of aromatic hydroxyl groups is 1. The summed E-state index contributed by atoms with van der Waals surface area (Å²) in [5.74, 6) is 5.47. The molecule has 0 fully saturated rings. The number of hydrazone groups is 1. The first-order valence-corrected chi connectivity index (χ1v) is 6.97. The van der Waals surface area contributed by atoms with E-state index in [4.69, 9.17) is 10.3 Å². The van der Waals surface area contributed by atoms with Crippen molar-refractivity contribution in [2.24, 2.45) is 10.9 Å². The minimum atomic E-state index is -0.697. The van der Waals surface area contributed by atoms with Crippen LogP contribution in [-0.2, 0) is 0 Å². The van der Waals surface area contributed by atoms with Crippen molar-refractivity contribution in [1.29, 1.82) is 0 Å². The molecule has 0 saturated heterocycles. The standard InChI is InChI=1S/C18H14N2O3/c19-20-17(13-9-5-2-6-10-13)16-14(21)11-15(23-18(16)22)12-7-3-1-4-8-12/h1-11,21H,19H2/b20-17-. The third kappa shape index (κ3) is 2.85. The number of hydrogen-bond donors (Lipinski definition) is 2. The van der Waals surface area contributed by atoms with E-state index in [1.165, 1.54) is 6.07 Å². The fourth-order valence-corrected chi connectivity index (χ4v) is 2.32. The summed E-state index contributed by atoms with van der Waals surface area (Å²) in [6.07, 6.45) is 0. The van der Waals surface area contributed by atoms with Gasteiger partial charge >= 0.3 is 5.63 Å². The minimum absolute atomic E-state index is 0.0571. The summed E-state index contributed by atoms with van der Waals surface area (Å²) in [7, 11) is 0. The molecule has 0 bridgehead atoms. The maximum atomic E-state index is 12.3. The predicted octanol–water partition coefficient (Wildman–Crippen LogP) is 2.72. The van der Waals surface area contributed by atoms with E-state index in [0.717, 1.165) is 0 Å². The van der Waals surface area contributed by atoms with E-state index < -0.39 is 5.63 Å². The van der Waals surface area contributed by atoms with Crippen LogP contribution in [0.2, 0.25) is 0 Å². The molecule has 1 heterocycles. The van der Waals surface area contributed by atoms with Gasteiger partial charge in [0.2, 0.25) is 0 Å². The number of benzene rings is 2. The van der Waals surface area contributed by atoms with Crippen molar-refractivity contribution >= 4 is 5.71 Å². The molecule has 0 radical (unpaired) electrons. The highest BCUT2D eigenvalue weighted by Gasteiger charge is 2.19. The molecule has 0 spiro atoms. The minimum Gasteiger partial charge on any atom is -0.507 e. The molecule has 3 aromatic rings. The Hall–Kier alpha value is -3.34. The lowest BCUT2D eigenvalue weighted by molar-refractivity contribution is 0.451. The van der Waals surface area contributed by atoms with Gasteiger partial charge in [0.15, 0.2) is 0 Å². The van der Waals surface area contributed by atoms with Crippen LogP contribution in [-0.4, -0.2) is 10.8 Å². The van der Waals surface area contributed by atoms with E-state index in [1.807, 2.05) is 24.3 Å². The maximum absolute atomic E-state index is 12.3. The lowest BCUT2D eigenvalue weighted by Crippen LogP contribution is -2.17. The number of rotatable bonds is 3. The zero-order valence-corrected chi connectivity index (χ0v) is 12.1. The van der Waals surface area contributed by atoms with Crippen LogP contribution in [0.1, 0.15) is 11.1 Å². The van der Waals surface area contributed by atoms with Crippen molar-refractivity contribution in [2.45, 2.75) is 0 Å². The van der Waals surface area contributed by atoms with Gasteiger partial charge in [-0.1, -0.05) is 60.7 Å². The second-order valence-electron chi connectivity index (χ2n) is 4.87. The Morgan fingerprint density at radius 1 is 1.00 bits per heavy atom. The highest BCUT2D eigenvalue weighted by molar-refractivity contribution is 6.14. The monoisotopic (exact) mass is 306 g/mol. The van der Waals surface area contributed by atoms with Crippen LogP contribution in [0, 0.1) is 0 Å². The molecule has 0 aliphatic heterocycles. The Labute approximate surface area is 132 Å². The molecule has 0 aliphatic rings. The molecular weight excluding hydrogens is 292 g/mol. The summed E-state index contributed by atoms with van der Waals surface area (Å²) in [4.78, 5) is 12.3. The molecule has 2 aromatic carbocycles. The largest absolute Gasteiger partial charge is 0.507 e. The molecule has 3 N–H and O–H groups in total. The Bertz CT molecular complexity index is 901. The quantitative estimate of drug-likeness (QED) is 0.442. The first-order valence-electron chi connectivity index (χ1n) is 6.97. The van der Waals surface area contributed by atoms with Crippen LogP contribution in [0.5, 0.6) is 5.75 Å². The average Bonchev–Trinajstić information content (AvgIpc) is 2.59. The van der Waals surface area contributed by atoms with Crippen LogP contribution in [0.4, 0.5) is 0 Å². The van der Waals surface area contributed by atoms with E-state index in [9.17, 15) is 9.90 Å². The van der Waals surface area contributed by atoms with Gasteiger partial charge in [0.25, 0.3) is 0 Å². The fourth-order valence-electron chi connectivity index (χ4n) is 2.32. The smallest absolute Gasteiger partial charge is 0.349 e. The number of nitrogens with two attached hydrogens (primary N) is 1. The van der Waals surface area contributed by atoms with Crippen LogP contribution in [0.25, 0.3) is 11.3 Å². The molecule has 3 rings (SSSR count). The second kappa shape index (κ2) is 6.19. The number of nitrogens with zero attached hydrogens (tertiary/aromatic N) is 1. The SMILES string of the molecule is N/N=C(/c1ccccc1)c1c(O)cc(-c2ccccc2)oc1=O. The van der Waals surface area contributed by atoms with Gasteiger partial charge in [-0.25, -0.2) is 4.79 Å². The van der Waals surface area contributed by atoms with Crippen LogP contribution >= 0.6 is 0 Å². The van der Waals surface area contributed by atoms with Crippen molar-refractivity contribution in [3.63, 3.8) is 0 Å². The van der Waals surface area contributed by atoms with Crippen LogP contribution in [0.15, 0.2) is 81.0 Å². The summed E-state index contributed by atoms with van der Waals surface area (Å²) in [5, 5.41) is 13.9. The molecule has 0 atom stereocenters. The Kier molecular flexibility index (Phi) is 3.93. The van der Waals surface area contributed by atoms with Gasteiger partial charge in [-0.2, -0.15) is 5.10 Å². The van der Waals surface area contributed by atoms with E-state index in [-0.39, 0.29) is 22.8 Å². The zero-order valence-electron chi connectivity index (χ0n) is 12.1.